The van der Waals surface area contributed by atoms with Gasteiger partial charge in [0, 0.05) is 12.8 Å². The van der Waals surface area contributed by atoms with Crippen molar-refractivity contribution in [3.8, 4) is 0 Å². The maximum absolute atomic E-state index is 11.8. The Morgan fingerprint density at radius 3 is 2.50 bits per heavy atom. The van der Waals surface area contributed by atoms with Crippen LogP contribution in [-0.4, -0.2) is 27.7 Å². The molecule has 0 aliphatic carbocycles. The van der Waals surface area contributed by atoms with E-state index in [1.54, 1.807) is 6.08 Å². The second kappa shape index (κ2) is 8.79. The summed E-state index contributed by atoms with van der Waals surface area (Å²) in [6.45, 7) is 1.64. The van der Waals surface area contributed by atoms with Crippen LogP contribution < -0.4 is 5.73 Å². The standard InChI is InChI=1S/C16H22NO4P/c1-13(15(18)19)16(11-12-17,22(20)21)10-6-5-9-14-7-3-2-4-8-14/h2-8,13H,9-12,17H2,1H3,(H-,18,19,20,21)/p+1. The first-order valence-electron chi connectivity index (χ1n) is 7.22. The molecule has 0 heterocycles. The smallest absolute Gasteiger partial charge is 0.481 e. The molecule has 1 aromatic rings. The number of aliphatic carboxylic acids is 1. The number of carboxylic acid groups (broad SMARTS) is 1. The van der Waals surface area contributed by atoms with Gasteiger partial charge >= 0.3 is 14.0 Å². The topological polar surface area (TPSA) is 101 Å². The van der Waals surface area contributed by atoms with Crippen LogP contribution in [-0.2, 0) is 15.8 Å². The van der Waals surface area contributed by atoms with Gasteiger partial charge in [-0.15, -0.1) is 0 Å². The number of carbonyl (C=O) groups is 1. The normalized spacial score (nSPS) is 16.2. The summed E-state index contributed by atoms with van der Waals surface area (Å²) in [5.41, 5.74) is 6.66. The summed E-state index contributed by atoms with van der Waals surface area (Å²) in [7, 11) is -2.66. The van der Waals surface area contributed by atoms with Crippen molar-refractivity contribution >= 4 is 14.0 Å². The van der Waals surface area contributed by atoms with E-state index in [0.29, 0.717) is 6.42 Å². The van der Waals surface area contributed by atoms with Crippen molar-refractivity contribution in [2.75, 3.05) is 6.54 Å². The van der Waals surface area contributed by atoms with Gasteiger partial charge < -0.3 is 10.8 Å². The highest BCUT2D eigenvalue weighted by molar-refractivity contribution is 7.40. The van der Waals surface area contributed by atoms with Crippen molar-refractivity contribution in [2.45, 2.75) is 31.3 Å². The van der Waals surface area contributed by atoms with Gasteiger partial charge in [-0.05, 0) is 30.0 Å². The summed E-state index contributed by atoms with van der Waals surface area (Å²) in [6.07, 6.45) is 4.79. The Balaban J connectivity index is 2.84. The van der Waals surface area contributed by atoms with E-state index in [1.807, 2.05) is 36.4 Å². The van der Waals surface area contributed by atoms with Crippen molar-refractivity contribution < 1.29 is 19.4 Å². The molecule has 6 heteroatoms. The van der Waals surface area contributed by atoms with Crippen molar-refractivity contribution in [3.05, 3.63) is 48.0 Å². The third-order valence-electron chi connectivity index (χ3n) is 3.97. The van der Waals surface area contributed by atoms with Crippen LogP contribution in [0.25, 0.3) is 0 Å². The zero-order chi connectivity index (χ0) is 16.6. The summed E-state index contributed by atoms with van der Waals surface area (Å²) >= 11 is 0. The van der Waals surface area contributed by atoms with E-state index in [-0.39, 0.29) is 19.4 Å². The lowest BCUT2D eigenvalue weighted by molar-refractivity contribution is -0.142. The molecule has 1 aromatic carbocycles. The van der Waals surface area contributed by atoms with Gasteiger partial charge in [0.1, 0.15) is 5.92 Å². The average Bonchev–Trinajstić information content (AvgIpc) is 2.50. The molecule has 120 valence electrons. The maximum atomic E-state index is 11.8. The van der Waals surface area contributed by atoms with E-state index in [2.05, 4.69) is 0 Å². The molecule has 0 amide bonds. The largest absolute Gasteiger partial charge is 0.513 e. The predicted molar refractivity (Wildman–Crippen MR) is 86.9 cm³/mol. The van der Waals surface area contributed by atoms with Crippen LogP contribution in [0.2, 0.25) is 0 Å². The van der Waals surface area contributed by atoms with E-state index in [9.17, 15) is 19.4 Å². The van der Waals surface area contributed by atoms with Gasteiger partial charge in [0.05, 0.1) is 0 Å². The fraction of sp³-hybridized carbons (Fsp3) is 0.438. The van der Waals surface area contributed by atoms with Crippen LogP contribution in [0, 0.1) is 5.92 Å². The molecule has 3 atom stereocenters. The zero-order valence-electron chi connectivity index (χ0n) is 12.7. The fourth-order valence-corrected chi connectivity index (χ4v) is 3.46. The minimum Gasteiger partial charge on any atom is -0.481 e. The second-order valence-corrected chi connectivity index (χ2v) is 6.78. The molecule has 0 bridgehead atoms. The molecule has 0 saturated heterocycles. The van der Waals surface area contributed by atoms with Crippen LogP contribution in [0.15, 0.2) is 42.5 Å². The number of nitrogens with two attached hydrogens (primary N) is 1. The Bertz CT molecular complexity index is 532. The predicted octanol–water partition coefficient (Wildman–Crippen LogP) is 2.72. The lowest BCUT2D eigenvalue weighted by Crippen LogP contribution is -2.39. The Kier molecular flexibility index (Phi) is 7.39. The summed E-state index contributed by atoms with van der Waals surface area (Å²) in [5.74, 6) is -2.02. The molecule has 4 N–H and O–H groups in total. The highest BCUT2D eigenvalue weighted by Gasteiger charge is 2.55. The fourth-order valence-electron chi connectivity index (χ4n) is 2.44. The molecule has 0 aromatic heterocycles. The molecule has 0 radical (unpaired) electrons. The third-order valence-corrected chi connectivity index (χ3v) is 5.52. The number of benzene rings is 1. The number of rotatable bonds is 9. The minimum atomic E-state index is -2.66. The van der Waals surface area contributed by atoms with Gasteiger partial charge in [-0.1, -0.05) is 42.5 Å². The lowest BCUT2D eigenvalue weighted by atomic mass is 9.86. The van der Waals surface area contributed by atoms with Gasteiger partial charge in [0.2, 0.25) is 5.16 Å². The molecule has 0 saturated carbocycles. The van der Waals surface area contributed by atoms with E-state index < -0.39 is 25.1 Å². The molecular formula is C16H23NO4P+. The molecule has 0 aliphatic heterocycles. The van der Waals surface area contributed by atoms with Gasteiger partial charge in [0.25, 0.3) is 0 Å². The highest BCUT2D eigenvalue weighted by atomic mass is 31.1. The van der Waals surface area contributed by atoms with Gasteiger partial charge in [-0.25, -0.2) is 0 Å². The summed E-state index contributed by atoms with van der Waals surface area (Å²) < 4.78 is 11.8. The van der Waals surface area contributed by atoms with Gasteiger partial charge in [-0.2, -0.15) is 4.89 Å². The molecule has 0 spiro atoms. The Morgan fingerprint density at radius 1 is 1.36 bits per heavy atom. The van der Waals surface area contributed by atoms with Crippen molar-refractivity contribution in [2.24, 2.45) is 11.7 Å². The zero-order valence-corrected chi connectivity index (χ0v) is 13.6. The summed E-state index contributed by atoms with van der Waals surface area (Å²) in [5, 5.41) is 8.00. The maximum Gasteiger partial charge on any atom is 0.513 e. The summed E-state index contributed by atoms with van der Waals surface area (Å²) in [4.78, 5) is 21.0. The first-order valence-corrected chi connectivity index (χ1v) is 8.43. The second-order valence-electron chi connectivity index (χ2n) is 5.34. The lowest BCUT2D eigenvalue weighted by Gasteiger charge is -2.23. The number of allylic oxidation sites excluding steroid dienone is 2. The molecule has 3 unspecified atom stereocenters. The molecule has 1 rings (SSSR count). The van der Waals surface area contributed by atoms with E-state index in [0.717, 1.165) is 5.56 Å². The van der Waals surface area contributed by atoms with Crippen LogP contribution in [0.1, 0.15) is 25.3 Å². The van der Waals surface area contributed by atoms with Crippen LogP contribution >= 0.6 is 8.03 Å². The molecular weight excluding hydrogens is 301 g/mol. The molecule has 0 aliphatic rings. The van der Waals surface area contributed by atoms with Crippen molar-refractivity contribution in [1.82, 2.24) is 0 Å². The van der Waals surface area contributed by atoms with Crippen LogP contribution in [0.3, 0.4) is 0 Å². The number of hydrogen-bond donors (Lipinski definition) is 3. The highest BCUT2D eigenvalue weighted by Crippen LogP contribution is 2.47. The van der Waals surface area contributed by atoms with E-state index in [4.69, 9.17) is 5.73 Å². The van der Waals surface area contributed by atoms with E-state index >= 15 is 0 Å². The van der Waals surface area contributed by atoms with Crippen molar-refractivity contribution in [3.63, 3.8) is 0 Å². The van der Waals surface area contributed by atoms with Crippen LogP contribution in [0.4, 0.5) is 0 Å². The SMILES string of the molecule is CC(C(=O)O)C(CC=CCc1ccccc1)(CCN)[P+](=O)O. The number of hydrogen-bond acceptors (Lipinski definition) is 3. The Labute approximate surface area is 131 Å². The van der Waals surface area contributed by atoms with Gasteiger partial charge in [0.15, 0.2) is 0 Å². The molecule has 0 fully saturated rings. The third kappa shape index (κ3) is 4.73. The average molecular weight is 324 g/mol. The first kappa shape index (κ1) is 18.5. The molecule has 22 heavy (non-hydrogen) atoms. The Morgan fingerprint density at radius 2 is 2.00 bits per heavy atom. The quantitative estimate of drug-likeness (QED) is 0.479. The minimum absolute atomic E-state index is 0.172. The molecule has 5 nitrogen and oxygen atoms in total. The van der Waals surface area contributed by atoms with Crippen LogP contribution in [0.5, 0.6) is 0 Å². The van der Waals surface area contributed by atoms with E-state index in [1.165, 1.54) is 6.92 Å². The monoisotopic (exact) mass is 324 g/mol. The number of carboxylic acids is 1. The van der Waals surface area contributed by atoms with Gasteiger partial charge in [-0.3, -0.25) is 4.79 Å². The first-order chi connectivity index (χ1) is 10.4. The summed E-state index contributed by atoms with van der Waals surface area (Å²) in [6, 6.07) is 9.80. The Hall–Kier alpha value is -1.55. The van der Waals surface area contributed by atoms with Crippen molar-refractivity contribution in [1.29, 1.82) is 0 Å².